The number of hydrogen-bond donors (Lipinski definition) is 2. The molecule has 0 saturated carbocycles. The van der Waals surface area contributed by atoms with Crippen LogP contribution in [0.2, 0.25) is 0 Å². The fourth-order valence-corrected chi connectivity index (χ4v) is 4.27. The van der Waals surface area contributed by atoms with E-state index in [1.54, 1.807) is 15.9 Å². The highest BCUT2D eigenvalue weighted by Gasteiger charge is 2.27. The molecule has 2 aromatic carbocycles. The van der Waals surface area contributed by atoms with E-state index in [4.69, 9.17) is 4.74 Å². The first-order valence-electron chi connectivity index (χ1n) is 12.5. The van der Waals surface area contributed by atoms with Crippen molar-refractivity contribution in [2.24, 2.45) is 5.92 Å². The van der Waals surface area contributed by atoms with Crippen molar-refractivity contribution in [1.82, 2.24) is 9.80 Å². The lowest BCUT2D eigenvalue weighted by atomic mass is 10.1. The van der Waals surface area contributed by atoms with Crippen molar-refractivity contribution in [3.8, 4) is 0 Å². The number of rotatable bonds is 5. The second-order valence-electron chi connectivity index (χ2n) is 9.55. The monoisotopic (exact) mass is 493 g/mol. The van der Waals surface area contributed by atoms with Crippen LogP contribution in [0.3, 0.4) is 0 Å². The van der Waals surface area contributed by atoms with Crippen molar-refractivity contribution in [2.75, 3.05) is 68.0 Å². The molecule has 4 rings (SSSR count). The average Bonchev–Trinajstić information content (AvgIpc) is 2.90. The zero-order valence-electron chi connectivity index (χ0n) is 21.3. The molecule has 2 aliphatic heterocycles. The molecular formula is C27H35N5O4. The smallest absolute Gasteiger partial charge is 0.321 e. The van der Waals surface area contributed by atoms with Crippen molar-refractivity contribution in [3.05, 3.63) is 53.6 Å². The standard InChI is InChI=1S/C27H35N5O4/c1-19(2)25(33)28-22-8-9-24(23(18-22)26(34)31-14-16-36-17-15-31)30-10-12-32(13-11-30)27(35)29-21-6-4-20(3)5-7-21/h4-9,18-19H,10-17H2,1-3H3,(H,28,33)(H,29,35). The maximum absolute atomic E-state index is 13.5. The number of morpholine rings is 1. The average molecular weight is 494 g/mol. The third kappa shape index (κ3) is 6.15. The van der Waals surface area contributed by atoms with Gasteiger partial charge in [0.05, 0.1) is 18.8 Å². The molecule has 2 fully saturated rings. The minimum Gasteiger partial charge on any atom is -0.378 e. The maximum Gasteiger partial charge on any atom is 0.321 e. The van der Waals surface area contributed by atoms with Gasteiger partial charge >= 0.3 is 6.03 Å². The van der Waals surface area contributed by atoms with Gasteiger partial charge in [0.1, 0.15) is 0 Å². The number of piperazine rings is 1. The van der Waals surface area contributed by atoms with E-state index in [1.165, 1.54) is 0 Å². The second-order valence-corrected chi connectivity index (χ2v) is 9.55. The predicted molar refractivity (Wildman–Crippen MR) is 141 cm³/mol. The van der Waals surface area contributed by atoms with Gasteiger partial charge in [0.25, 0.3) is 5.91 Å². The third-order valence-electron chi connectivity index (χ3n) is 6.53. The lowest BCUT2D eigenvalue weighted by Gasteiger charge is -2.37. The number of benzene rings is 2. The van der Waals surface area contributed by atoms with Crippen LogP contribution in [0.1, 0.15) is 29.8 Å². The Labute approximate surface area is 212 Å². The van der Waals surface area contributed by atoms with E-state index in [1.807, 2.05) is 57.2 Å². The van der Waals surface area contributed by atoms with Gasteiger partial charge in [-0.05, 0) is 37.3 Å². The summed E-state index contributed by atoms with van der Waals surface area (Å²) in [5, 5.41) is 5.86. The number of carbonyl (C=O) groups excluding carboxylic acids is 3. The van der Waals surface area contributed by atoms with E-state index in [2.05, 4.69) is 15.5 Å². The molecule has 9 nitrogen and oxygen atoms in total. The summed E-state index contributed by atoms with van der Waals surface area (Å²) in [6.07, 6.45) is 0. The Morgan fingerprint density at radius 3 is 2.08 bits per heavy atom. The number of anilines is 3. The van der Waals surface area contributed by atoms with Gasteiger partial charge in [-0.1, -0.05) is 31.5 Å². The number of ether oxygens (including phenoxy) is 1. The Balaban J connectivity index is 1.48. The normalized spacial score (nSPS) is 16.2. The van der Waals surface area contributed by atoms with Gasteiger partial charge in [-0.25, -0.2) is 4.79 Å². The second kappa shape index (κ2) is 11.4. The largest absolute Gasteiger partial charge is 0.378 e. The molecule has 2 saturated heterocycles. The number of amides is 4. The molecule has 0 unspecified atom stereocenters. The van der Waals surface area contributed by atoms with Crippen LogP contribution in [0.25, 0.3) is 0 Å². The van der Waals surface area contributed by atoms with Crippen LogP contribution >= 0.6 is 0 Å². The van der Waals surface area contributed by atoms with E-state index in [0.717, 1.165) is 16.9 Å². The number of nitrogens with one attached hydrogen (secondary N) is 2. The Kier molecular flexibility index (Phi) is 8.10. The van der Waals surface area contributed by atoms with Crippen molar-refractivity contribution in [1.29, 1.82) is 0 Å². The first-order valence-corrected chi connectivity index (χ1v) is 12.5. The first kappa shape index (κ1) is 25.5. The molecule has 2 N–H and O–H groups in total. The molecule has 2 aliphatic rings. The molecule has 4 amide bonds. The highest BCUT2D eigenvalue weighted by atomic mass is 16.5. The summed E-state index contributed by atoms with van der Waals surface area (Å²) in [7, 11) is 0. The summed E-state index contributed by atoms with van der Waals surface area (Å²) < 4.78 is 5.41. The molecule has 2 heterocycles. The summed E-state index contributed by atoms with van der Waals surface area (Å²) in [5.74, 6) is -0.337. The van der Waals surface area contributed by atoms with E-state index >= 15 is 0 Å². The zero-order chi connectivity index (χ0) is 25.7. The van der Waals surface area contributed by atoms with Gasteiger partial charge < -0.3 is 30.1 Å². The van der Waals surface area contributed by atoms with Gasteiger partial charge in [-0.3, -0.25) is 9.59 Å². The number of hydrogen-bond acceptors (Lipinski definition) is 5. The van der Waals surface area contributed by atoms with Crippen LogP contribution in [0, 0.1) is 12.8 Å². The summed E-state index contributed by atoms with van der Waals surface area (Å²) in [6, 6.07) is 13.1. The van der Waals surface area contributed by atoms with Gasteiger partial charge in [-0.2, -0.15) is 0 Å². The minimum absolute atomic E-state index is 0.0755. The zero-order valence-corrected chi connectivity index (χ0v) is 21.3. The SMILES string of the molecule is Cc1ccc(NC(=O)N2CCN(c3ccc(NC(=O)C(C)C)cc3C(=O)N3CCOCC3)CC2)cc1. The Morgan fingerprint density at radius 1 is 0.806 bits per heavy atom. The molecule has 192 valence electrons. The minimum atomic E-state index is -0.165. The molecule has 0 atom stereocenters. The fourth-order valence-electron chi connectivity index (χ4n) is 4.27. The predicted octanol–water partition coefficient (Wildman–Crippen LogP) is 3.42. The van der Waals surface area contributed by atoms with Crippen LogP contribution in [-0.4, -0.2) is 80.1 Å². The van der Waals surface area contributed by atoms with Crippen molar-refractivity contribution in [2.45, 2.75) is 20.8 Å². The third-order valence-corrected chi connectivity index (χ3v) is 6.53. The van der Waals surface area contributed by atoms with Gasteiger partial charge in [0.2, 0.25) is 5.91 Å². The Morgan fingerprint density at radius 2 is 1.44 bits per heavy atom. The lowest BCUT2D eigenvalue weighted by molar-refractivity contribution is -0.118. The van der Waals surface area contributed by atoms with Gasteiger partial charge in [0.15, 0.2) is 0 Å². The van der Waals surface area contributed by atoms with E-state index < -0.39 is 0 Å². The van der Waals surface area contributed by atoms with E-state index in [9.17, 15) is 14.4 Å². The number of carbonyl (C=O) groups is 3. The fraction of sp³-hybridized carbons (Fsp3) is 0.444. The van der Waals surface area contributed by atoms with Gasteiger partial charge in [-0.15, -0.1) is 0 Å². The van der Waals surface area contributed by atoms with Crippen LogP contribution in [0.4, 0.5) is 21.9 Å². The summed E-state index contributed by atoms with van der Waals surface area (Å²) in [5.41, 5.74) is 3.87. The van der Waals surface area contributed by atoms with E-state index in [0.29, 0.717) is 63.7 Å². The van der Waals surface area contributed by atoms with Crippen LogP contribution in [0.5, 0.6) is 0 Å². The quantitative estimate of drug-likeness (QED) is 0.666. The molecular weight excluding hydrogens is 458 g/mol. The van der Waals surface area contributed by atoms with Crippen molar-refractivity contribution < 1.29 is 19.1 Å². The molecule has 0 spiro atoms. The molecule has 0 aromatic heterocycles. The highest BCUT2D eigenvalue weighted by molar-refractivity contribution is 6.02. The van der Waals surface area contributed by atoms with Crippen LogP contribution < -0.4 is 15.5 Å². The summed E-state index contributed by atoms with van der Waals surface area (Å²) >= 11 is 0. The highest BCUT2D eigenvalue weighted by Crippen LogP contribution is 2.28. The molecule has 2 aromatic rings. The van der Waals surface area contributed by atoms with Crippen molar-refractivity contribution in [3.63, 3.8) is 0 Å². The maximum atomic E-state index is 13.5. The molecule has 9 heteroatoms. The Bertz CT molecular complexity index is 1090. The van der Waals surface area contributed by atoms with E-state index in [-0.39, 0.29) is 23.8 Å². The lowest BCUT2D eigenvalue weighted by Crippen LogP contribution is -2.50. The number of nitrogens with zero attached hydrogens (tertiary/aromatic N) is 3. The Hall–Kier alpha value is -3.59. The molecule has 0 radical (unpaired) electrons. The summed E-state index contributed by atoms with van der Waals surface area (Å²) in [4.78, 5) is 44.2. The first-order chi connectivity index (χ1) is 17.3. The topological polar surface area (TPSA) is 94.2 Å². The van der Waals surface area contributed by atoms with Crippen molar-refractivity contribution >= 4 is 34.9 Å². The molecule has 36 heavy (non-hydrogen) atoms. The molecule has 0 bridgehead atoms. The van der Waals surface area contributed by atoms with Crippen LogP contribution in [0.15, 0.2) is 42.5 Å². The number of aryl methyl sites for hydroxylation is 1. The summed E-state index contributed by atoms with van der Waals surface area (Å²) in [6.45, 7) is 10.0. The number of urea groups is 1. The van der Waals surface area contributed by atoms with Gasteiger partial charge in [0, 0.05) is 62.2 Å². The van der Waals surface area contributed by atoms with Crippen LogP contribution in [-0.2, 0) is 9.53 Å². The molecule has 0 aliphatic carbocycles.